The highest BCUT2D eigenvalue weighted by molar-refractivity contribution is 5.94. The van der Waals surface area contributed by atoms with Crippen molar-refractivity contribution in [2.45, 2.75) is 45.7 Å². The summed E-state index contributed by atoms with van der Waals surface area (Å²) in [6.07, 6.45) is 1.97. The van der Waals surface area contributed by atoms with Crippen molar-refractivity contribution < 1.29 is 9.53 Å². The van der Waals surface area contributed by atoms with Crippen molar-refractivity contribution in [1.29, 1.82) is 0 Å². The van der Waals surface area contributed by atoms with Gasteiger partial charge in [0.25, 0.3) is 5.91 Å². The smallest absolute Gasteiger partial charge is 0.251 e. The van der Waals surface area contributed by atoms with E-state index in [4.69, 9.17) is 4.74 Å². The molecule has 22 heavy (non-hydrogen) atoms. The molecule has 1 amide bonds. The molecule has 0 spiro atoms. The molecule has 1 fully saturated rings. The first-order valence-corrected chi connectivity index (χ1v) is 7.81. The summed E-state index contributed by atoms with van der Waals surface area (Å²) >= 11 is 0. The van der Waals surface area contributed by atoms with Gasteiger partial charge in [-0.1, -0.05) is 19.9 Å². The van der Waals surface area contributed by atoms with Gasteiger partial charge in [-0.15, -0.1) is 12.4 Å². The predicted molar refractivity (Wildman–Crippen MR) is 92.0 cm³/mol. The minimum Gasteiger partial charge on any atom is -0.493 e. The number of benzene rings is 1. The molecular formula is C17H27ClN2O2. The van der Waals surface area contributed by atoms with Gasteiger partial charge in [-0.2, -0.15) is 0 Å². The summed E-state index contributed by atoms with van der Waals surface area (Å²) in [5.41, 5.74) is 0.669. The maximum absolute atomic E-state index is 12.3. The van der Waals surface area contributed by atoms with E-state index in [0.29, 0.717) is 24.1 Å². The van der Waals surface area contributed by atoms with Gasteiger partial charge in [-0.05, 0) is 50.4 Å². The number of hydrogen-bond acceptors (Lipinski definition) is 3. The van der Waals surface area contributed by atoms with Crippen LogP contribution in [-0.2, 0) is 0 Å². The Morgan fingerprint density at radius 2 is 2.23 bits per heavy atom. The van der Waals surface area contributed by atoms with E-state index in [9.17, 15) is 4.79 Å². The molecule has 1 saturated heterocycles. The lowest BCUT2D eigenvalue weighted by Gasteiger charge is -2.28. The number of hydrogen-bond donors (Lipinski definition) is 2. The molecule has 0 aliphatic carbocycles. The molecule has 1 heterocycles. The highest BCUT2D eigenvalue weighted by atomic mass is 35.5. The SMILES string of the molecule is CC(C)COc1cccc(C(=O)NC2CCNC(C)C2)c1.Cl. The van der Waals surface area contributed by atoms with Crippen LogP contribution in [0.1, 0.15) is 44.0 Å². The van der Waals surface area contributed by atoms with Crippen LogP contribution in [-0.4, -0.2) is 31.1 Å². The van der Waals surface area contributed by atoms with E-state index < -0.39 is 0 Å². The molecule has 1 aliphatic heterocycles. The summed E-state index contributed by atoms with van der Waals surface area (Å²) in [4.78, 5) is 12.3. The molecule has 0 saturated carbocycles. The van der Waals surface area contributed by atoms with Crippen LogP contribution in [0, 0.1) is 5.92 Å². The largest absolute Gasteiger partial charge is 0.493 e. The van der Waals surface area contributed by atoms with Crippen LogP contribution >= 0.6 is 12.4 Å². The molecule has 0 bridgehead atoms. The van der Waals surface area contributed by atoms with E-state index in [0.717, 1.165) is 25.1 Å². The zero-order valence-electron chi connectivity index (χ0n) is 13.6. The van der Waals surface area contributed by atoms with Crippen LogP contribution in [0.5, 0.6) is 5.75 Å². The maximum atomic E-state index is 12.3. The minimum absolute atomic E-state index is 0. The van der Waals surface area contributed by atoms with E-state index in [-0.39, 0.29) is 24.4 Å². The van der Waals surface area contributed by atoms with Crippen molar-refractivity contribution in [3.05, 3.63) is 29.8 Å². The van der Waals surface area contributed by atoms with Gasteiger partial charge in [0.05, 0.1) is 6.61 Å². The second kappa shape index (κ2) is 9.01. The van der Waals surface area contributed by atoms with Crippen molar-refractivity contribution >= 4 is 18.3 Å². The Balaban J connectivity index is 0.00000242. The number of amides is 1. The van der Waals surface area contributed by atoms with Crippen molar-refractivity contribution in [3.63, 3.8) is 0 Å². The van der Waals surface area contributed by atoms with Crippen LogP contribution in [0.3, 0.4) is 0 Å². The first kappa shape index (κ1) is 18.8. The predicted octanol–water partition coefficient (Wildman–Crippen LogP) is 3.01. The lowest BCUT2D eigenvalue weighted by molar-refractivity contribution is 0.0925. The monoisotopic (exact) mass is 326 g/mol. The first-order valence-electron chi connectivity index (χ1n) is 7.81. The Bertz CT molecular complexity index is 479. The number of piperidine rings is 1. The van der Waals surface area contributed by atoms with Gasteiger partial charge < -0.3 is 15.4 Å². The minimum atomic E-state index is -0.0101. The van der Waals surface area contributed by atoms with Gasteiger partial charge in [-0.3, -0.25) is 4.79 Å². The molecular weight excluding hydrogens is 300 g/mol. The van der Waals surface area contributed by atoms with E-state index >= 15 is 0 Å². The number of halogens is 1. The van der Waals surface area contributed by atoms with Crippen LogP contribution < -0.4 is 15.4 Å². The van der Waals surface area contributed by atoms with E-state index in [1.54, 1.807) is 0 Å². The Morgan fingerprint density at radius 1 is 1.45 bits per heavy atom. The third kappa shape index (κ3) is 5.85. The van der Waals surface area contributed by atoms with Crippen LogP contribution in [0.15, 0.2) is 24.3 Å². The Hall–Kier alpha value is -1.26. The number of carbonyl (C=O) groups excluding carboxylic acids is 1. The number of ether oxygens (including phenoxy) is 1. The van der Waals surface area contributed by atoms with Gasteiger partial charge in [-0.25, -0.2) is 0 Å². The fourth-order valence-corrected chi connectivity index (χ4v) is 2.52. The summed E-state index contributed by atoms with van der Waals surface area (Å²) in [7, 11) is 0. The highest BCUT2D eigenvalue weighted by Gasteiger charge is 2.20. The zero-order chi connectivity index (χ0) is 15.2. The van der Waals surface area contributed by atoms with Crippen molar-refractivity contribution in [2.24, 2.45) is 5.92 Å². The average Bonchev–Trinajstić information content (AvgIpc) is 2.45. The zero-order valence-corrected chi connectivity index (χ0v) is 14.4. The third-order valence-corrected chi connectivity index (χ3v) is 3.64. The molecule has 1 aromatic carbocycles. The second-order valence-electron chi connectivity index (χ2n) is 6.28. The van der Waals surface area contributed by atoms with E-state index in [1.165, 1.54) is 0 Å². The van der Waals surface area contributed by atoms with Crippen molar-refractivity contribution in [2.75, 3.05) is 13.2 Å². The molecule has 2 atom stereocenters. The first-order chi connectivity index (χ1) is 10.0. The van der Waals surface area contributed by atoms with Crippen molar-refractivity contribution in [1.82, 2.24) is 10.6 Å². The molecule has 2 N–H and O–H groups in total. The van der Waals surface area contributed by atoms with Crippen LogP contribution in [0.2, 0.25) is 0 Å². The summed E-state index contributed by atoms with van der Waals surface area (Å²) in [5, 5.41) is 6.51. The molecule has 2 unspecified atom stereocenters. The summed E-state index contributed by atoms with van der Waals surface area (Å²) in [5.74, 6) is 1.22. The lowest BCUT2D eigenvalue weighted by atomic mass is 10.0. The third-order valence-electron chi connectivity index (χ3n) is 3.64. The molecule has 2 rings (SSSR count). The fraction of sp³-hybridized carbons (Fsp3) is 0.588. The van der Waals surface area contributed by atoms with Gasteiger partial charge in [0, 0.05) is 17.6 Å². The topological polar surface area (TPSA) is 50.4 Å². The number of rotatable bonds is 5. The van der Waals surface area contributed by atoms with Gasteiger partial charge in [0.1, 0.15) is 5.75 Å². The molecule has 0 aromatic heterocycles. The van der Waals surface area contributed by atoms with Crippen LogP contribution in [0.4, 0.5) is 0 Å². The normalized spacial score (nSPS) is 21.1. The summed E-state index contributed by atoms with van der Waals surface area (Å²) in [6, 6.07) is 8.14. The second-order valence-corrected chi connectivity index (χ2v) is 6.28. The molecule has 4 nitrogen and oxygen atoms in total. The van der Waals surface area contributed by atoms with Crippen LogP contribution in [0.25, 0.3) is 0 Å². The standard InChI is InChI=1S/C17H26N2O2.ClH/c1-12(2)11-21-16-6-4-5-14(10-16)17(20)19-15-7-8-18-13(3)9-15;/h4-6,10,12-13,15,18H,7-9,11H2,1-3H3,(H,19,20);1H. The molecule has 1 aromatic rings. The average molecular weight is 327 g/mol. The molecule has 124 valence electrons. The quantitative estimate of drug-likeness (QED) is 0.874. The molecule has 1 aliphatic rings. The number of nitrogens with one attached hydrogen (secondary N) is 2. The summed E-state index contributed by atoms with van der Waals surface area (Å²) in [6.45, 7) is 7.99. The Labute approximate surface area is 139 Å². The Kier molecular flexibility index (Phi) is 7.69. The lowest BCUT2D eigenvalue weighted by Crippen LogP contribution is -2.46. The van der Waals surface area contributed by atoms with Gasteiger partial charge >= 0.3 is 0 Å². The fourth-order valence-electron chi connectivity index (χ4n) is 2.52. The number of carbonyl (C=O) groups is 1. The van der Waals surface area contributed by atoms with Gasteiger partial charge in [0.15, 0.2) is 0 Å². The summed E-state index contributed by atoms with van der Waals surface area (Å²) < 4.78 is 5.68. The Morgan fingerprint density at radius 3 is 2.91 bits per heavy atom. The van der Waals surface area contributed by atoms with Crippen molar-refractivity contribution in [3.8, 4) is 5.75 Å². The van der Waals surface area contributed by atoms with E-state index in [2.05, 4.69) is 31.4 Å². The highest BCUT2D eigenvalue weighted by Crippen LogP contribution is 2.15. The maximum Gasteiger partial charge on any atom is 0.251 e. The van der Waals surface area contributed by atoms with Gasteiger partial charge in [0.2, 0.25) is 0 Å². The molecule has 0 radical (unpaired) electrons. The van der Waals surface area contributed by atoms with E-state index in [1.807, 2.05) is 24.3 Å². The molecule has 5 heteroatoms.